The number of aromatic amines is 1. The maximum absolute atomic E-state index is 4.87. The molecule has 0 atom stereocenters. The average Bonchev–Trinajstić information content (AvgIpc) is 2.75. The largest absolute Gasteiger partial charge is 0.345 e. The summed E-state index contributed by atoms with van der Waals surface area (Å²) in [5.74, 6) is 2.90. The highest BCUT2D eigenvalue weighted by Gasteiger charge is 2.22. The standard InChI is InChI=1S/C14H25N3/c1-9(2)12-13(10(3)4)17-14(16-12)11-5-7-15-8-6-11/h9-11,15H,5-8H2,1-4H3,(H,16,17). The number of piperidine rings is 1. The maximum Gasteiger partial charge on any atom is 0.109 e. The number of rotatable bonds is 3. The van der Waals surface area contributed by atoms with Gasteiger partial charge in [0, 0.05) is 11.6 Å². The van der Waals surface area contributed by atoms with E-state index in [1.165, 1.54) is 30.1 Å². The maximum atomic E-state index is 4.87. The van der Waals surface area contributed by atoms with Crippen LogP contribution in [0.15, 0.2) is 0 Å². The van der Waals surface area contributed by atoms with Gasteiger partial charge in [0.05, 0.1) is 5.69 Å². The van der Waals surface area contributed by atoms with Gasteiger partial charge in [-0.2, -0.15) is 0 Å². The molecular weight excluding hydrogens is 210 g/mol. The van der Waals surface area contributed by atoms with Crippen molar-refractivity contribution in [3.8, 4) is 0 Å². The lowest BCUT2D eigenvalue weighted by atomic mass is 9.97. The van der Waals surface area contributed by atoms with Gasteiger partial charge in [0.25, 0.3) is 0 Å². The molecule has 0 bridgehead atoms. The van der Waals surface area contributed by atoms with Gasteiger partial charge in [0.15, 0.2) is 0 Å². The Hall–Kier alpha value is -0.830. The van der Waals surface area contributed by atoms with Crippen molar-refractivity contribution >= 4 is 0 Å². The predicted octanol–water partition coefficient (Wildman–Crippen LogP) is 3.12. The van der Waals surface area contributed by atoms with Crippen molar-refractivity contribution in [3.05, 3.63) is 17.2 Å². The average molecular weight is 235 g/mol. The zero-order valence-corrected chi connectivity index (χ0v) is 11.5. The number of hydrogen-bond acceptors (Lipinski definition) is 2. The van der Waals surface area contributed by atoms with E-state index in [0.717, 1.165) is 13.1 Å². The summed E-state index contributed by atoms with van der Waals surface area (Å²) in [6, 6.07) is 0. The number of imidazole rings is 1. The highest BCUT2D eigenvalue weighted by molar-refractivity contribution is 5.22. The van der Waals surface area contributed by atoms with Crippen LogP contribution >= 0.6 is 0 Å². The van der Waals surface area contributed by atoms with Crippen LogP contribution in [0.5, 0.6) is 0 Å². The van der Waals surface area contributed by atoms with Crippen LogP contribution in [0.2, 0.25) is 0 Å². The van der Waals surface area contributed by atoms with Crippen LogP contribution in [0.3, 0.4) is 0 Å². The molecule has 1 aromatic heterocycles. The van der Waals surface area contributed by atoms with Crippen LogP contribution < -0.4 is 5.32 Å². The molecular formula is C14H25N3. The first-order valence-electron chi connectivity index (χ1n) is 6.90. The molecule has 1 aliphatic heterocycles. The second kappa shape index (κ2) is 5.21. The molecule has 0 aliphatic carbocycles. The highest BCUT2D eigenvalue weighted by atomic mass is 15.0. The molecule has 1 aromatic rings. The first kappa shape index (κ1) is 12.6. The van der Waals surface area contributed by atoms with Gasteiger partial charge in [-0.15, -0.1) is 0 Å². The lowest BCUT2D eigenvalue weighted by Gasteiger charge is -2.20. The molecule has 1 saturated heterocycles. The molecule has 1 aliphatic rings. The summed E-state index contributed by atoms with van der Waals surface area (Å²) in [5.41, 5.74) is 2.61. The topological polar surface area (TPSA) is 40.7 Å². The van der Waals surface area contributed by atoms with E-state index in [1.807, 2.05) is 0 Å². The SMILES string of the molecule is CC(C)c1nc(C2CCNCC2)[nH]c1C(C)C. The molecule has 0 radical (unpaired) electrons. The molecule has 0 spiro atoms. The molecule has 2 heterocycles. The number of hydrogen-bond donors (Lipinski definition) is 2. The molecule has 0 saturated carbocycles. The third-order valence-electron chi connectivity index (χ3n) is 3.63. The quantitative estimate of drug-likeness (QED) is 0.845. The molecule has 2 rings (SSSR count). The lowest BCUT2D eigenvalue weighted by Crippen LogP contribution is -2.27. The first-order chi connectivity index (χ1) is 8.09. The molecule has 0 unspecified atom stereocenters. The van der Waals surface area contributed by atoms with Gasteiger partial charge in [0.1, 0.15) is 5.82 Å². The minimum absolute atomic E-state index is 0.513. The third-order valence-corrected chi connectivity index (χ3v) is 3.63. The molecule has 17 heavy (non-hydrogen) atoms. The Morgan fingerprint density at radius 1 is 1.06 bits per heavy atom. The second-order valence-corrected chi connectivity index (χ2v) is 5.75. The molecule has 0 aromatic carbocycles. The molecule has 96 valence electrons. The molecule has 0 amide bonds. The van der Waals surface area contributed by atoms with Gasteiger partial charge in [0.2, 0.25) is 0 Å². The molecule has 3 nitrogen and oxygen atoms in total. The fourth-order valence-corrected chi connectivity index (χ4v) is 2.59. The Labute approximate surface area is 104 Å². The van der Waals surface area contributed by atoms with Crippen molar-refractivity contribution in [2.24, 2.45) is 0 Å². The van der Waals surface area contributed by atoms with Crippen LogP contribution in [0.25, 0.3) is 0 Å². The molecule has 1 fully saturated rings. The Kier molecular flexibility index (Phi) is 3.87. The van der Waals surface area contributed by atoms with Crippen molar-refractivity contribution in [3.63, 3.8) is 0 Å². The van der Waals surface area contributed by atoms with Gasteiger partial charge in [-0.25, -0.2) is 4.98 Å². The van der Waals surface area contributed by atoms with Gasteiger partial charge in [-0.05, 0) is 37.8 Å². The Morgan fingerprint density at radius 3 is 2.18 bits per heavy atom. The van der Waals surface area contributed by atoms with Crippen LogP contribution in [0.4, 0.5) is 0 Å². The van der Waals surface area contributed by atoms with Crippen molar-refractivity contribution in [1.29, 1.82) is 0 Å². The van der Waals surface area contributed by atoms with Crippen molar-refractivity contribution in [2.75, 3.05) is 13.1 Å². The number of nitrogens with zero attached hydrogens (tertiary/aromatic N) is 1. The number of aromatic nitrogens is 2. The lowest BCUT2D eigenvalue weighted by molar-refractivity contribution is 0.446. The summed E-state index contributed by atoms with van der Waals surface area (Å²) in [7, 11) is 0. The van der Waals surface area contributed by atoms with Crippen molar-refractivity contribution in [2.45, 2.75) is 58.3 Å². The van der Waals surface area contributed by atoms with E-state index >= 15 is 0 Å². The number of H-pyrrole nitrogens is 1. The predicted molar refractivity (Wildman–Crippen MR) is 71.6 cm³/mol. The number of nitrogens with one attached hydrogen (secondary N) is 2. The summed E-state index contributed by atoms with van der Waals surface area (Å²) in [4.78, 5) is 8.46. The molecule has 2 N–H and O–H groups in total. The Morgan fingerprint density at radius 2 is 1.71 bits per heavy atom. The van der Waals surface area contributed by atoms with Gasteiger partial charge < -0.3 is 10.3 Å². The van der Waals surface area contributed by atoms with E-state index in [0.29, 0.717) is 17.8 Å². The summed E-state index contributed by atoms with van der Waals surface area (Å²) >= 11 is 0. The fraction of sp³-hybridized carbons (Fsp3) is 0.786. The Balaban J connectivity index is 2.26. The van der Waals surface area contributed by atoms with E-state index < -0.39 is 0 Å². The monoisotopic (exact) mass is 235 g/mol. The second-order valence-electron chi connectivity index (χ2n) is 5.75. The van der Waals surface area contributed by atoms with Crippen molar-refractivity contribution in [1.82, 2.24) is 15.3 Å². The minimum atomic E-state index is 0.513. The first-order valence-corrected chi connectivity index (χ1v) is 6.90. The van der Waals surface area contributed by atoms with E-state index in [9.17, 15) is 0 Å². The van der Waals surface area contributed by atoms with E-state index in [1.54, 1.807) is 0 Å². The minimum Gasteiger partial charge on any atom is -0.345 e. The van der Waals surface area contributed by atoms with Gasteiger partial charge in [-0.1, -0.05) is 27.7 Å². The zero-order valence-electron chi connectivity index (χ0n) is 11.5. The smallest absolute Gasteiger partial charge is 0.109 e. The van der Waals surface area contributed by atoms with E-state index in [2.05, 4.69) is 38.0 Å². The third kappa shape index (κ3) is 2.71. The normalized spacial score (nSPS) is 18.2. The van der Waals surface area contributed by atoms with Crippen LogP contribution in [-0.2, 0) is 0 Å². The fourth-order valence-electron chi connectivity index (χ4n) is 2.59. The summed E-state index contributed by atoms with van der Waals surface area (Å²) in [6.45, 7) is 11.2. The molecule has 3 heteroatoms. The summed E-state index contributed by atoms with van der Waals surface area (Å²) in [5, 5.41) is 3.41. The summed E-state index contributed by atoms with van der Waals surface area (Å²) in [6.07, 6.45) is 2.42. The van der Waals surface area contributed by atoms with Crippen molar-refractivity contribution < 1.29 is 0 Å². The summed E-state index contributed by atoms with van der Waals surface area (Å²) < 4.78 is 0. The van der Waals surface area contributed by atoms with Gasteiger partial charge in [-0.3, -0.25) is 0 Å². The Bertz CT molecular complexity index is 334. The highest BCUT2D eigenvalue weighted by Crippen LogP contribution is 2.29. The van der Waals surface area contributed by atoms with E-state index in [-0.39, 0.29) is 0 Å². The zero-order chi connectivity index (χ0) is 12.4. The van der Waals surface area contributed by atoms with Crippen LogP contribution in [0.1, 0.15) is 75.5 Å². The van der Waals surface area contributed by atoms with Gasteiger partial charge >= 0.3 is 0 Å². The van der Waals surface area contributed by atoms with E-state index in [4.69, 9.17) is 4.98 Å². The van der Waals surface area contributed by atoms with Crippen LogP contribution in [0, 0.1) is 0 Å². The van der Waals surface area contributed by atoms with Crippen LogP contribution in [-0.4, -0.2) is 23.1 Å².